The molecule has 0 saturated carbocycles. The van der Waals surface area contributed by atoms with E-state index in [0.29, 0.717) is 5.75 Å². The van der Waals surface area contributed by atoms with Gasteiger partial charge in [-0.1, -0.05) is 36.7 Å². The minimum absolute atomic E-state index is 0.459. The summed E-state index contributed by atoms with van der Waals surface area (Å²) in [6, 6.07) is 15.8. The van der Waals surface area contributed by atoms with Crippen molar-refractivity contribution in [2.75, 3.05) is 11.5 Å². The van der Waals surface area contributed by atoms with E-state index in [-0.39, 0.29) is 0 Å². The van der Waals surface area contributed by atoms with Crippen LogP contribution in [0, 0.1) is 0 Å². The second-order valence-corrected chi connectivity index (χ2v) is 7.15. The lowest BCUT2D eigenvalue weighted by Crippen LogP contribution is -2.00. The lowest BCUT2D eigenvalue weighted by molar-refractivity contribution is 0.204. The Morgan fingerprint density at radius 1 is 1.05 bits per heavy atom. The Morgan fingerprint density at radius 2 is 1.80 bits per heavy atom. The molecule has 2 rings (SSSR count). The highest BCUT2D eigenvalue weighted by Crippen LogP contribution is 2.27. The third-order valence-corrected chi connectivity index (χ3v) is 4.98. The van der Waals surface area contributed by atoms with Crippen LogP contribution in [0.3, 0.4) is 0 Å². The van der Waals surface area contributed by atoms with Crippen molar-refractivity contribution < 1.29 is 5.11 Å². The molecule has 106 valence electrons. The molecule has 1 N–H and O–H groups in total. The average Bonchev–Trinajstić information content (AvgIpc) is 2.46. The first kappa shape index (κ1) is 15.8. The monoisotopic (exact) mass is 324 g/mol. The summed E-state index contributed by atoms with van der Waals surface area (Å²) in [4.78, 5) is 2.32. The molecule has 0 aliphatic carbocycles. The van der Waals surface area contributed by atoms with E-state index in [9.17, 15) is 5.11 Å². The molecule has 1 unspecified atom stereocenters. The number of aliphatic hydroxyl groups is 1. The van der Waals surface area contributed by atoms with Crippen LogP contribution in [-0.4, -0.2) is 16.6 Å². The van der Waals surface area contributed by atoms with Crippen molar-refractivity contribution >= 4 is 35.1 Å². The van der Waals surface area contributed by atoms with Gasteiger partial charge in [-0.3, -0.25) is 0 Å². The molecular weight excluding hydrogens is 308 g/mol. The van der Waals surface area contributed by atoms with Gasteiger partial charge in [0, 0.05) is 20.6 Å². The summed E-state index contributed by atoms with van der Waals surface area (Å²) in [6.07, 6.45) is -0.459. The Bertz CT molecular complexity index is 542. The predicted octanol–water partition coefficient (Wildman–Crippen LogP) is 5.28. The van der Waals surface area contributed by atoms with Gasteiger partial charge in [0.1, 0.15) is 0 Å². The first-order valence-electron chi connectivity index (χ1n) is 6.48. The van der Waals surface area contributed by atoms with Crippen molar-refractivity contribution in [3.8, 4) is 0 Å². The van der Waals surface area contributed by atoms with Crippen LogP contribution in [0.4, 0.5) is 0 Å². The smallest absolute Gasteiger partial charge is 0.0883 e. The second kappa shape index (κ2) is 7.99. The maximum Gasteiger partial charge on any atom is 0.0883 e. The van der Waals surface area contributed by atoms with Gasteiger partial charge in [0.25, 0.3) is 0 Å². The van der Waals surface area contributed by atoms with Crippen molar-refractivity contribution in [1.82, 2.24) is 0 Å². The summed E-state index contributed by atoms with van der Waals surface area (Å²) in [5.74, 6) is 1.69. The standard InChI is InChI=1S/C16H17ClOS2/c1-2-19-14-8-6-12(7-9-14)16(18)11-20-15-5-3-4-13(17)10-15/h3-10,16,18H,2,11H2,1H3. The fraction of sp³-hybridized carbons (Fsp3) is 0.250. The zero-order valence-electron chi connectivity index (χ0n) is 11.3. The van der Waals surface area contributed by atoms with Gasteiger partial charge in [0.2, 0.25) is 0 Å². The van der Waals surface area contributed by atoms with Gasteiger partial charge in [-0.15, -0.1) is 23.5 Å². The van der Waals surface area contributed by atoms with E-state index < -0.39 is 6.10 Å². The summed E-state index contributed by atoms with van der Waals surface area (Å²) in [7, 11) is 0. The Kier molecular flexibility index (Phi) is 6.30. The van der Waals surface area contributed by atoms with Crippen molar-refractivity contribution in [2.24, 2.45) is 0 Å². The third-order valence-electron chi connectivity index (χ3n) is 2.78. The van der Waals surface area contributed by atoms with E-state index in [0.717, 1.165) is 21.2 Å². The lowest BCUT2D eigenvalue weighted by atomic mass is 10.1. The molecule has 2 aromatic rings. The Hall–Kier alpha value is -0.610. The van der Waals surface area contributed by atoms with Crippen LogP contribution >= 0.6 is 35.1 Å². The maximum absolute atomic E-state index is 10.2. The highest BCUT2D eigenvalue weighted by atomic mass is 35.5. The van der Waals surface area contributed by atoms with E-state index in [1.165, 1.54) is 4.90 Å². The van der Waals surface area contributed by atoms with Crippen molar-refractivity contribution in [2.45, 2.75) is 22.8 Å². The van der Waals surface area contributed by atoms with E-state index in [1.54, 1.807) is 23.5 Å². The molecule has 0 radical (unpaired) electrons. The van der Waals surface area contributed by atoms with Crippen LogP contribution in [0.25, 0.3) is 0 Å². The molecule has 0 saturated heterocycles. The fourth-order valence-corrected chi connectivity index (χ4v) is 3.63. The van der Waals surface area contributed by atoms with Crippen LogP contribution < -0.4 is 0 Å². The summed E-state index contributed by atoms with van der Waals surface area (Å²) in [5.41, 5.74) is 0.958. The average molecular weight is 325 g/mol. The summed E-state index contributed by atoms with van der Waals surface area (Å²) in [6.45, 7) is 2.13. The van der Waals surface area contributed by atoms with Crippen molar-refractivity contribution in [3.63, 3.8) is 0 Å². The molecule has 0 fully saturated rings. The van der Waals surface area contributed by atoms with Gasteiger partial charge in [-0.05, 0) is 41.6 Å². The normalized spacial score (nSPS) is 12.3. The zero-order chi connectivity index (χ0) is 14.4. The molecule has 0 spiro atoms. The number of rotatable bonds is 6. The second-order valence-electron chi connectivity index (χ2n) is 4.29. The molecule has 20 heavy (non-hydrogen) atoms. The van der Waals surface area contributed by atoms with E-state index >= 15 is 0 Å². The molecule has 2 aromatic carbocycles. The topological polar surface area (TPSA) is 20.2 Å². The predicted molar refractivity (Wildman–Crippen MR) is 90.0 cm³/mol. The van der Waals surface area contributed by atoms with Gasteiger partial charge in [-0.2, -0.15) is 0 Å². The minimum atomic E-state index is -0.459. The SMILES string of the molecule is CCSc1ccc(C(O)CSc2cccc(Cl)c2)cc1. The number of aliphatic hydroxyl groups excluding tert-OH is 1. The Labute approximate surface area is 133 Å². The summed E-state index contributed by atoms with van der Waals surface area (Å²) < 4.78 is 0. The molecule has 0 aliphatic heterocycles. The molecule has 1 atom stereocenters. The molecule has 4 heteroatoms. The number of halogens is 1. The van der Waals surface area contributed by atoms with E-state index in [4.69, 9.17) is 11.6 Å². The van der Waals surface area contributed by atoms with Crippen LogP contribution in [-0.2, 0) is 0 Å². The van der Waals surface area contributed by atoms with Crippen LogP contribution in [0.1, 0.15) is 18.6 Å². The van der Waals surface area contributed by atoms with Gasteiger partial charge >= 0.3 is 0 Å². The molecular formula is C16H17ClOS2. The number of hydrogen-bond acceptors (Lipinski definition) is 3. The van der Waals surface area contributed by atoms with Crippen LogP contribution in [0.15, 0.2) is 58.3 Å². The quantitative estimate of drug-likeness (QED) is 0.730. The zero-order valence-corrected chi connectivity index (χ0v) is 13.6. The van der Waals surface area contributed by atoms with Crippen LogP contribution in [0.5, 0.6) is 0 Å². The molecule has 0 bridgehead atoms. The van der Waals surface area contributed by atoms with Gasteiger partial charge in [0.05, 0.1) is 6.10 Å². The molecule has 0 amide bonds. The molecule has 1 nitrogen and oxygen atoms in total. The maximum atomic E-state index is 10.2. The molecule has 0 aliphatic rings. The van der Waals surface area contributed by atoms with Gasteiger partial charge in [0.15, 0.2) is 0 Å². The minimum Gasteiger partial charge on any atom is -0.388 e. The van der Waals surface area contributed by atoms with Gasteiger partial charge in [-0.25, -0.2) is 0 Å². The van der Waals surface area contributed by atoms with Gasteiger partial charge < -0.3 is 5.11 Å². The van der Waals surface area contributed by atoms with Crippen molar-refractivity contribution in [3.05, 3.63) is 59.1 Å². The lowest BCUT2D eigenvalue weighted by Gasteiger charge is -2.11. The third kappa shape index (κ3) is 4.74. The van der Waals surface area contributed by atoms with E-state index in [1.807, 2.05) is 36.4 Å². The Balaban J connectivity index is 1.92. The fourth-order valence-electron chi connectivity index (χ4n) is 1.78. The highest BCUT2D eigenvalue weighted by Gasteiger charge is 2.08. The molecule has 0 aromatic heterocycles. The number of hydrogen-bond donors (Lipinski definition) is 1. The number of thioether (sulfide) groups is 2. The first-order chi connectivity index (χ1) is 9.69. The first-order valence-corrected chi connectivity index (χ1v) is 8.83. The summed E-state index contributed by atoms with van der Waals surface area (Å²) in [5, 5.41) is 10.9. The van der Waals surface area contributed by atoms with Crippen molar-refractivity contribution in [1.29, 1.82) is 0 Å². The number of benzene rings is 2. The molecule has 0 heterocycles. The summed E-state index contributed by atoms with van der Waals surface area (Å²) >= 11 is 9.36. The van der Waals surface area contributed by atoms with E-state index in [2.05, 4.69) is 19.1 Å². The highest BCUT2D eigenvalue weighted by molar-refractivity contribution is 7.99. The Morgan fingerprint density at radius 3 is 2.45 bits per heavy atom. The van der Waals surface area contributed by atoms with Crippen LogP contribution in [0.2, 0.25) is 5.02 Å². The largest absolute Gasteiger partial charge is 0.388 e.